The molecule has 224 valence electrons. The van der Waals surface area contributed by atoms with E-state index in [1.165, 1.54) is 60.5 Å². The second kappa shape index (κ2) is 9.77. The van der Waals surface area contributed by atoms with Crippen molar-refractivity contribution in [2.45, 2.75) is 53.4 Å². The average molecular weight is 598 g/mol. The van der Waals surface area contributed by atoms with Crippen molar-refractivity contribution in [1.29, 1.82) is 0 Å². The quantitative estimate of drug-likeness (QED) is 0.185. The molecule has 0 saturated heterocycles. The Hall–Kier alpha value is -4.96. The van der Waals surface area contributed by atoms with Crippen LogP contribution in [0.5, 0.6) is 0 Å². The van der Waals surface area contributed by atoms with Crippen LogP contribution >= 0.6 is 0 Å². The molecule has 2 aliphatic rings. The summed E-state index contributed by atoms with van der Waals surface area (Å²) in [6, 6.07) is 35.7. The molecule has 2 aromatic heterocycles. The van der Waals surface area contributed by atoms with Gasteiger partial charge in [-0.15, -0.1) is 0 Å². The van der Waals surface area contributed by atoms with Gasteiger partial charge >= 0.3 is 0 Å². The summed E-state index contributed by atoms with van der Waals surface area (Å²) < 4.78 is 13.3. The number of fused-ring (bicyclic) bond motifs is 4. The van der Waals surface area contributed by atoms with E-state index in [-0.39, 0.29) is 6.71 Å². The van der Waals surface area contributed by atoms with Gasteiger partial charge in [0.1, 0.15) is 22.7 Å². The SMILES string of the molecule is Cc1oc2cc(C(C)C)cc3c2c1-c1cc(N(c2ccccc2)c2ccccc2)cc2c1B3c1cc(C(C)C)cc3oc(C)c-2c13. The van der Waals surface area contributed by atoms with Crippen molar-refractivity contribution in [3.05, 3.63) is 120 Å². The van der Waals surface area contributed by atoms with Crippen molar-refractivity contribution in [3.63, 3.8) is 0 Å². The molecule has 0 amide bonds. The average Bonchev–Trinajstić information content (AvgIpc) is 3.57. The minimum atomic E-state index is 0.0809. The minimum Gasteiger partial charge on any atom is -0.461 e. The fourth-order valence-electron chi connectivity index (χ4n) is 8.14. The molecular formula is C42H36BNO2. The van der Waals surface area contributed by atoms with Gasteiger partial charge in [0, 0.05) is 39.0 Å². The molecular weight excluding hydrogens is 561 g/mol. The van der Waals surface area contributed by atoms with Crippen molar-refractivity contribution >= 4 is 62.1 Å². The second-order valence-electron chi connectivity index (χ2n) is 13.7. The Morgan fingerprint density at radius 3 is 1.39 bits per heavy atom. The van der Waals surface area contributed by atoms with Crippen molar-refractivity contribution in [1.82, 2.24) is 0 Å². The highest BCUT2D eigenvalue weighted by molar-refractivity contribution is 7.01. The number of nitrogens with zero attached hydrogens (tertiary/aromatic N) is 1. The highest BCUT2D eigenvalue weighted by Gasteiger charge is 2.42. The van der Waals surface area contributed by atoms with E-state index in [1.54, 1.807) is 0 Å². The van der Waals surface area contributed by atoms with E-state index in [2.05, 4.69) is 144 Å². The van der Waals surface area contributed by atoms with E-state index in [9.17, 15) is 0 Å². The van der Waals surface area contributed by atoms with Gasteiger partial charge < -0.3 is 13.7 Å². The van der Waals surface area contributed by atoms with Crippen LogP contribution in [0, 0.1) is 13.8 Å². The smallest absolute Gasteiger partial charge is 0.244 e. The van der Waals surface area contributed by atoms with E-state index < -0.39 is 0 Å². The number of hydrogen-bond acceptors (Lipinski definition) is 3. The van der Waals surface area contributed by atoms with Crippen molar-refractivity contribution in [2.24, 2.45) is 0 Å². The Balaban J connectivity index is 1.45. The molecule has 46 heavy (non-hydrogen) atoms. The molecule has 0 aliphatic carbocycles. The minimum absolute atomic E-state index is 0.0809. The number of benzene rings is 5. The van der Waals surface area contributed by atoms with E-state index in [4.69, 9.17) is 8.83 Å². The van der Waals surface area contributed by atoms with E-state index in [1.807, 2.05) is 0 Å². The topological polar surface area (TPSA) is 29.5 Å². The first-order valence-corrected chi connectivity index (χ1v) is 16.5. The summed E-state index contributed by atoms with van der Waals surface area (Å²) >= 11 is 0. The fourth-order valence-corrected chi connectivity index (χ4v) is 8.14. The molecule has 4 heteroatoms. The molecule has 7 aromatic rings. The zero-order valence-electron chi connectivity index (χ0n) is 27.2. The van der Waals surface area contributed by atoms with Crippen LogP contribution in [-0.4, -0.2) is 6.71 Å². The van der Waals surface area contributed by atoms with Crippen molar-refractivity contribution in [2.75, 3.05) is 4.90 Å². The number of furan rings is 2. The number of hydrogen-bond donors (Lipinski definition) is 0. The van der Waals surface area contributed by atoms with Crippen LogP contribution in [-0.2, 0) is 0 Å². The van der Waals surface area contributed by atoms with Gasteiger partial charge in [-0.25, -0.2) is 0 Å². The van der Waals surface area contributed by atoms with Gasteiger partial charge in [0.2, 0.25) is 6.71 Å². The molecule has 0 fully saturated rings. The summed E-state index contributed by atoms with van der Waals surface area (Å²) in [6.07, 6.45) is 0. The molecule has 0 spiro atoms. The molecule has 2 aliphatic heterocycles. The first kappa shape index (κ1) is 27.4. The van der Waals surface area contributed by atoms with E-state index >= 15 is 0 Å². The van der Waals surface area contributed by atoms with Crippen LogP contribution in [0.1, 0.15) is 62.2 Å². The van der Waals surface area contributed by atoms with Gasteiger partial charge in [-0.3, -0.25) is 0 Å². The van der Waals surface area contributed by atoms with Crippen LogP contribution in [0.2, 0.25) is 0 Å². The molecule has 5 aromatic carbocycles. The summed E-state index contributed by atoms with van der Waals surface area (Å²) in [5.74, 6) is 2.72. The summed E-state index contributed by atoms with van der Waals surface area (Å²) in [5, 5.41) is 2.50. The third-order valence-corrected chi connectivity index (χ3v) is 10.3. The van der Waals surface area contributed by atoms with Gasteiger partial charge in [-0.1, -0.05) is 92.6 Å². The maximum absolute atomic E-state index is 6.67. The van der Waals surface area contributed by atoms with E-state index in [0.29, 0.717) is 11.8 Å². The number of anilines is 3. The number of para-hydroxylation sites is 2. The zero-order valence-corrected chi connectivity index (χ0v) is 27.2. The lowest BCUT2D eigenvalue weighted by Crippen LogP contribution is -2.57. The Bertz CT molecular complexity index is 2180. The van der Waals surface area contributed by atoms with Crippen LogP contribution in [0.4, 0.5) is 17.1 Å². The normalized spacial score (nSPS) is 12.9. The van der Waals surface area contributed by atoms with Gasteiger partial charge in [0.15, 0.2) is 0 Å². The standard InChI is InChI=1S/C42H36BNO2/c1-23(2)27-17-34-40-36(19-27)45-25(5)38(40)32-21-31(44(29-13-9-7-10-14-29)30-15-11-8-12-16-30)22-33-39-26(6)46-37-20-28(24(3)4)18-35(41(37)39)43(34)42(32)33/h7-24H,1-6H3. The van der Waals surface area contributed by atoms with Gasteiger partial charge in [-0.05, 0) is 96.5 Å². The highest BCUT2D eigenvalue weighted by atomic mass is 16.3. The third kappa shape index (κ3) is 3.73. The lowest BCUT2D eigenvalue weighted by Gasteiger charge is -2.34. The van der Waals surface area contributed by atoms with Gasteiger partial charge in [-0.2, -0.15) is 0 Å². The molecule has 0 atom stereocenters. The fraction of sp³-hybridized carbons (Fsp3) is 0.190. The molecule has 9 rings (SSSR count). The third-order valence-electron chi connectivity index (χ3n) is 10.3. The summed E-state index contributed by atoms with van der Waals surface area (Å²) in [7, 11) is 0. The van der Waals surface area contributed by atoms with Crippen LogP contribution in [0.25, 0.3) is 44.2 Å². The van der Waals surface area contributed by atoms with Crippen molar-refractivity contribution < 1.29 is 8.83 Å². The molecule has 3 nitrogen and oxygen atoms in total. The predicted molar refractivity (Wildman–Crippen MR) is 194 cm³/mol. The maximum Gasteiger partial charge on any atom is 0.244 e. The van der Waals surface area contributed by atoms with Crippen LogP contribution in [0.3, 0.4) is 0 Å². The summed E-state index contributed by atoms with van der Waals surface area (Å²) in [5.41, 5.74) is 17.0. The Morgan fingerprint density at radius 1 is 0.543 bits per heavy atom. The Kier molecular flexibility index (Phi) is 5.81. The number of rotatable bonds is 5. The Morgan fingerprint density at radius 2 is 0.978 bits per heavy atom. The number of aryl methyl sites for hydroxylation is 2. The van der Waals surface area contributed by atoms with E-state index in [0.717, 1.165) is 39.7 Å². The molecule has 0 bridgehead atoms. The zero-order chi connectivity index (χ0) is 31.4. The Labute approximate surface area is 270 Å². The van der Waals surface area contributed by atoms with Crippen molar-refractivity contribution in [3.8, 4) is 22.3 Å². The van der Waals surface area contributed by atoms with Crippen LogP contribution in [0.15, 0.2) is 106 Å². The van der Waals surface area contributed by atoms with Gasteiger partial charge in [0.25, 0.3) is 0 Å². The monoisotopic (exact) mass is 597 g/mol. The first-order valence-electron chi connectivity index (χ1n) is 16.5. The second-order valence-corrected chi connectivity index (χ2v) is 13.7. The molecule has 0 unspecified atom stereocenters. The lowest BCUT2D eigenvalue weighted by molar-refractivity contribution is 0.579. The lowest BCUT2D eigenvalue weighted by atomic mass is 9.31. The largest absolute Gasteiger partial charge is 0.461 e. The van der Waals surface area contributed by atoms with Gasteiger partial charge in [0.05, 0.1) is 0 Å². The van der Waals surface area contributed by atoms with Crippen LogP contribution < -0.4 is 21.3 Å². The molecule has 4 heterocycles. The molecule has 0 saturated carbocycles. The highest BCUT2D eigenvalue weighted by Crippen LogP contribution is 2.47. The predicted octanol–water partition coefficient (Wildman–Crippen LogP) is 9.99. The molecule has 0 N–H and O–H groups in total. The molecule has 0 radical (unpaired) electrons. The summed E-state index contributed by atoms with van der Waals surface area (Å²) in [4.78, 5) is 2.37. The summed E-state index contributed by atoms with van der Waals surface area (Å²) in [6.45, 7) is 13.4. The first-order chi connectivity index (χ1) is 22.3. The maximum atomic E-state index is 6.67.